The Morgan fingerprint density at radius 2 is 1.74 bits per heavy atom. The molecule has 0 aliphatic carbocycles. The number of aliphatic carboxylic acids is 1. The van der Waals surface area contributed by atoms with E-state index in [-0.39, 0.29) is 34.2 Å². The average molecular weight is 625 g/mol. The number of hydrogen-bond donors (Lipinski definition) is 4. The summed E-state index contributed by atoms with van der Waals surface area (Å²) >= 11 is 1.72. The Balaban J connectivity index is 0.000000369. The van der Waals surface area contributed by atoms with Crippen molar-refractivity contribution in [2.24, 2.45) is 5.16 Å². The van der Waals surface area contributed by atoms with Crippen molar-refractivity contribution >= 4 is 63.2 Å². The summed E-state index contributed by atoms with van der Waals surface area (Å²) in [5.41, 5.74) is 5.26. The van der Waals surface area contributed by atoms with E-state index in [1.807, 2.05) is 18.2 Å². The van der Waals surface area contributed by atoms with Gasteiger partial charge in [0.25, 0.3) is 0 Å². The highest BCUT2D eigenvalue weighted by Crippen LogP contribution is 2.18. The number of aromatic nitrogens is 4. The van der Waals surface area contributed by atoms with Crippen LogP contribution in [-0.4, -0.2) is 73.5 Å². The summed E-state index contributed by atoms with van der Waals surface area (Å²) in [6.07, 6.45) is -1.69. The molecule has 5 N–H and O–H groups in total. The van der Waals surface area contributed by atoms with E-state index in [0.29, 0.717) is 0 Å². The van der Waals surface area contributed by atoms with E-state index in [0.717, 1.165) is 28.6 Å². The van der Waals surface area contributed by atoms with Gasteiger partial charge in [-0.05, 0) is 26.3 Å². The summed E-state index contributed by atoms with van der Waals surface area (Å²) in [4.78, 5) is 58.4. The zero-order valence-corrected chi connectivity index (χ0v) is 24.6. The van der Waals surface area contributed by atoms with Crippen LogP contribution < -0.4 is 16.4 Å². The lowest BCUT2D eigenvalue weighted by Crippen LogP contribution is -2.38. The fourth-order valence-electron chi connectivity index (χ4n) is 2.60. The van der Waals surface area contributed by atoms with Crippen LogP contribution in [0, 0.1) is 0 Å². The van der Waals surface area contributed by atoms with E-state index < -0.39 is 35.8 Å². The first-order valence-electron chi connectivity index (χ1n) is 11.7. The number of carboxylic acid groups (broad SMARTS) is 1. The number of carbonyl (C=O) groups is 4. The van der Waals surface area contributed by atoms with Gasteiger partial charge < -0.3 is 35.2 Å². The van der Waals surface area contributed by atoms with E-state index in [9.17, 15) is 24.3 Å². The third-order valence-corrected chi connectivity index (χ3v) is 5.43. The summed E-state index contributed by atoms with van der Waals surface area (Å²) < 4.78 is 22.2. The Bertz CT molecular complexity index is 1390. The van der Waals surface area contributed by atoms with Gasteiger partial charge in [0.2, 0.25) is 16.7 Å². The Morgan fingerprint density at radius 1 is 1.05 bits per heavy atom. The van der Waals surface area contributed by atoms with Crippen LogP contribution in [0.4, 0.5) is 19.9 Å². The molecule has 0 radical (unpaired) electrons. The van der Waals surface area contributed by atoms with Crippen LogP contribution in [0.5, 0.6) is 0 Å². The van der Waals surface area contributed by atoms with Crippen molar-refractivity contribution in [1.82, 2.24) is 24.0 Å². The molecule has 1 unspecified atom stereocenters. The minimum atomic E-state index is -1.53. The Hall–Kier alpha value is -4.91. The van der Waals surface area contributed by atoms with Crippen LogP contribution in [0.25, 0.3) is 0 Å². The predicted octanol–water partition coefficient (Wildman–Crippen LogP) is 2.58. The number of amides is 2. The Morgan fingerprint density at radius 3 is 2.29 bits per heavy atom. The monoisotopic (exact) mass is 624 g/mol. The summed E-state index contributed by atoms with van der Waals surface area (Å²) in [5, 5.41) is 17.6. The van der Waals surface area contributed by atoms with Gasteiger partial charge in [-0.1, -0.05) is 35.5 Å². The molecular weight excluding hydrogens is 596 g/mol. The highest BCUT2D eigenvalue weighted by molar-refractivity contribution is 7.10. The Kier molecular flexibility index (Phi) is 12.5. The SMILES string of the molecule is CC(C)(C)OC(=O)NC(C(=O)O)c1nsc(NC(=O)OCc2ccccc2)n1.CON=C(C(=O)OC)c1nsc(N)n1. The van der Waals surface area contributed by atoms with Crippen LogP contribution in [0.3, 0.4) is 0 Å². The first-order chi connectivity index (χ1) is 19.8. The molecule has 0 spiro atoms. The number of alkyl carbamates (subject to hydrolysis) is 1. The first kappa shape index (κ1) is 33.3. The van der Waals surface area contributed by atoms with Gasteiger partial charge in [0.15, 0.2) is 17.0 Å². The molecule has 3 rings (SSSR count). The van der Waals surface area contributed by atoms with Crippen LogP contribution >= 0.6 is 23.1 Å². The molecule has 0 saturated carbocycles. The maximum atomic E-state index is 11.8. The molecular formula is C23H28N8O9S2. The maximum absolute atomic E-state index is 11.8. The highest BCUT2D eigenvalue weighted by atomic mass is 32.1. The minimum absolute atomic E-state index is 0.0327. The smallest absolute Gasteiger partial charge is 0.413 e. The number of esters is 1. The van der Waals surface area contributed by atoms with Crippen molar-refractivity contribution < 1.29 is 43.3 Å². The highest BCUT2D eigenvalue weighted by Gasteiger charge is 2.29. The summed E-state index contributed by atoms with van der Waals surface area (Å²) in [7, 11) is 2.53. The van der Waals surface area contributed by atoms with E-state index in [2.05, 4.69) is 44.1 Å². The molecule has 0 aliphatic rings. The second kappa shape index (κ2) is 15.8. The van der Waals surface area contributed by atoms with Gasteiger partial charge in [0.1, 0.15) is 19.3 Å². The zero-order chi connectivity index (χ0) is 31.3. The molecule has 0 bridgehead atoms. The van der Waals surface area contributed by atoms with E-state index in [1.165, 1.54) is 14.2 Å². The summed E-state index contributed by atoms with van der Waals surface area (Å²) in [5.74, 6) is -2.14. The number of oxime groups is 1. The summed E-state index contributed by atoms with van der Waals surface area (Å²) in [6.45, 7) is 5.00. The van der Waals surface area contributed by atoms with Gasteiger partial charge in [-0.25, -0.2) is 24.2 Å². The molecule has 226 valence electrons. The number of ether oxygens (including phenoxy) is 3. The molecule has 1 atom stereocenters. The lowest BCUT2D eigenvalue weighted by molar-refractivity contribution is -0.140. The molecule has 2 heterocycles. The fraction of sp³-hybridized carbons (Fsp3) is 0.348. The van der Waals surface area contributed by atoms with Crippen molar-refractivity contribution in [3.63, 3.8) is 0 Å². The molecule has 2 aromatic heterocycles. The Labute approximate surface area is 247 Å². The number of rotatable bonds is 9. The molecule has 3 aromatic rings. The van der Waals surface area contributed by atoms with Gasteiger partial charge in [-0.2, -0.15) is 13.7 Å². The average Bonchev–Trinajstić information content (AvgIpc) is 3.57. The van der Waals surface area contributed by atoms with Crippen molar-refractivity contribution in [1.29, 1.82) is 0 Å². The number of carboxylic acids is 1. The third-order valence-electron chi connectivity index (χ3n) is 4.24. The number of anilines is 2. The number of methoxy groups -OCH3 is 1. The summed E-state index contributed by atoms with van der Waals surface area (Å²) in [6, 6.07) is 7.55. The number of nitrogens with one attached hydrogen (secondary N) is 2. The predicted molar refractivity (Wildman–Crippen MR) is 150 cm³/mol. The largest absolute Gasteiger partial charge is 0.479 e. The number of carbonyl (C=O) groups excluding carboxylic acids is 3. The molecule has 17 nitrogen and oxygen atoms in total. The molecule has 19 heteroatoms. The van der Waals surface area contributed by atoms with Crippen molar-refractivity contribution in [3.8, 4) is 0 Å². The third kappa shape index (κ3) is 11.3. The maximum Gasteiger partial charge on any atom is 0.413 e. The lowest BCUT2D eigenvalue weighted by atomic mass is 10.2. The van der Waals surface area contributed by atoms with Crippen molar-refractivity contribution in [3.05, 3.63) is 47.5 Å². The van der Waals surface area contributed by atoms with Crippen LogP contribution in [0.15, 0.2) is 35.5 Å². The van der Waals surface area contributed by atoms with Gasteiger partial charge >= 0.3 is 24.1 Å². The number of nitrogen functional groups attached to an aromatic ring is 1. The fourth-order valence-corrected chi connectivity index (χ4v) is 3.62. The lowest BCUT2D eigenvalue weighted by Gasteiger charge is -2.21. The zero-order valence-electron chi connectivity index (χ0n) is 23.0. The van der Waals surface area contributed by atoms with E-state index in [1.54, 1.807) is 32.9 Å². The normalized spacial score (nSPS) is 11.7. The van der Waals surface area contributed by atoms with Gasteiger partial charge in [0.05, 0.1) is 7.11 Å². The molecule has 1 aromatic carbocycles. The standard InChI is InChI=1S/C17H20N4O6S.C6H8N4O3S/c1-17(2,3)27-16(25)18-11(13(22)23)12-19-14(28-21-12)20-15(24)26-9-10-7-5-4-6-8-10;1-12-5(11)3(9-13-2)4-8-6(7)14-10-4/h4-8,11H,9H2,1-3H3,(H,18,25)(H,22,23)(H,19,20,21,24);1-2H3,(H2,7,8,10). The van der Waals surface area contributed by atoms with Crippen LogP contribution in [-0.2, 0) is 35.2 Å². The quantitative estimate of drug-likeness (QED) is 0.116. The second-order valence-electron chi connectivity index (χ2n) is 8.63. The van der Waals surface area contributed by atoms with E-state index in [4.69, 9.17) is 15.2 Å². The van der Waals surface area contributed by atoms with Gasteiger partial charge in [-0.3, -0.25) is 5.32 Å². The second-order valence-corrected chi connectivity index (χ2v) is 10.2. The number of nitrogens with zero attached hydrogens (tertiary/aromatic N) is 5. The van der Waals surface area contributed by atoms with Gasteiger partial charge in [-0.15, -0.1) is 0 Å². The number of benzene rings is 1. The molecule has 0 aliphatic heterocycles. The first-order valence-corrected chi connectivity index (χ1v) is 13.2. The molecule has 42 heavy (non-hydrogen) atoms. The van der Waals surface area contributed by atoms with Gasteiger partial charge in [0, 0.05) is 23.1 Å². The van der Waals surface area contributed by atoms with Crippen LogP contribution in [0.1, 0.15) is 44.0 Å². The van der Waals surface area contributed by atoms with Crippen molar-refractivity contribution in [2.75, 3.05) is 25.3 Å². The topological polar surface area (TPSA) is 239 Å². The van der Waals surface area contributed by atoms with E-state index >= 15 is 0 Å². The minimum Gasteiger partial charge on any atom is -0.479 e. The van der Waals surface area contributed by atoms with Crippen LogP contribution in [0.2, 0.25) is 0 Å². The van der Waals surface area contributed by atoms with Crippen molar-refractivity contribution in [2.45, 2.75) is 39.0 Å². The molecule has 0 saturated heterocycles. The molecule has 0 fully saturated rings. The number of nitrogens with two attached hydrogens (primary N) is 1. The molecule has 2 amide bonds. The number of hydrogen-bond acceptors (Lipinski definition) is 16.